The number of rotatable bonds is 5. The predicted octanol–water partition coefficient (Wildman–Crippen LogP) is 3.19. The molecule has 1 fully saturated rings. The number of allylic oxidation sites excluding steroid dienone is 1. The number of likely N-dealkylation sites (N-methyl/N-ethyl adjacent to an activating group) is 1. The van der Waals surface area contributed by atoms with Crippen LogP contribution in [0.5, 0.6) is 0 Å². The highest BCUT2D eigenvalue weighted by Gasteiger charge is 2.55. The zero-order valence-corrected chi connectivity index (χ0v) is 16.9. The third-order valence-electron chi connectivity index (χ3n) is 5.06. The van der Waals surface area contributed by atoms with Crippen LogP contribution in [0.4, 0.5) is 0 Å². The maximum absolute atomic E-state index is 13.0. The molecule has 2 rings (SSSR count). The van der Waals surface area contributed by atoms with Crippen LogP contribution in [-0.4, -0.2) is 44.0 Å². The van der Waals surface area contributed by atoms with Gasteiger partial charge in [-0.25, -0.2) is 8.42 Å². The minimum atomic E-state index is -3.67. The first-order valence-electron chi connectivity index (χ1n) is 8.45. The summed E-state index contributed by atoms with van der Waals surface area (Å²) in [5.41, 5.74) is -0.0321. The molecule has 0 unspecified atom stereocenters. The Kier molecular flexibility index (Phi) is 5.54. The molecular weight excluding hydrogens is 337 g/mol. The fourth-order valence-electron chi connectivity index (χ4n) is 2.65. The second-order valence-electron chi connectivity index (χ2n) is 7.48. The standard InChI is InChI=1S/C18H28BNO4S/c1-8-9-16(19-23-17(3,4)18(5,6)24-19)20(7)25(21,22)15-12-10-14(2)11-13-15/h8-13,16H,1-7H3/b9-8+/t16-/m1/s1. The van der Waals surface area contributed by atoms with Crippen LogP contribution >= 0.6 is 0 Å². The number of benzene rings is 1. The summed E-state index contributed by atoms with van der Waals surface area (Å²) in [5.74, 6) is -0.558. The lowest BCUT2D eigenvalue weighted by Gasteiger charge is -2.32. The van der Waals surface area contributed by atoms with Crippen molar-refractivity contribution in [1.82, 2.24) is 4.31 Å². The summed E-state index contributed by atoms with van der Waals surface area (Å²) in [7, 11) is -2.78. The zero-order valence-electron chi connectivity index (χ0n) is 16.1. The van der Waals surface area contributed by atoms with Crippen molar-refractivity contribution >= 4 is 17.1 Å². The van der Waals surface area contributed by atoms with E-state index in [9.17, 15) is 8.42 Å². The smallest absolute Gasteiger partial charge is 0.402 e. The van der Waals surface area contributed by atoms with Gasteiger partial charge in [0.15, 0.2) is 0 Å². The molecule has 1 aromatic rings. The third-order valence-corrected chi connectivity index (χ3v) is 6.93. The van der Waals surface area contributed by atoms with Gasteiger partial charge in [0, 0.05) is 7.05 Å². The molecule has 1 heterocycles. The molecular formula is C18H28BNO4S. The molecule has 0 N–H and O–H groups in total. The highest BCUT2D eigenvalue weighted by Crippen LogP contribution is 2.38. The van der Waals surface area contributed by atoms with Crippen LogP contribution < -0.4 is 0 Å². The van der Waals surface area contributed by atoms with E-state index in [1.54, 1.807) is 37.4 Å². The van der Waals surface area contributed by atoms with Crippen molar-refractivity contribution in [3.63, 3.8) is 0 Å². The minimum Gasteiger partial charge on any atom is -0.402 e. The van der Waals surface area contributed by atoms with E-state index in [2.05, 4.69) is 0 Å². The van der Waals surface area contributed by atoms with Gasteiger partial charge in [-0.2, -0.15) is 4.31 Å². The van der Waals surface area contributed by atoms with Crippen molar-refractivity contribution in [3.8, 4) is 0 Å². The SMILES string of the molecule is C/C=C/[C@H](B1OC(C)(C)C(C)(C)O1)N(C)S(=O)(=O)c1ccc(C)cc1. The van der Waals surface area contributed by atoms with Crippen molar-refractivity contribution in [2.75, 3.05) is 7.05 Å². The van der Waals surface area contributed by atoms with E-state index in [0.717, 1.165) is 5.56 Å². The number of hydrogen-bond acceptors (Lipinski definition) is 4. The second kappa shape index (κ2) is 6.87. The van der Waals surface area contributed by atoms with Crippen LogP contribution in [0.2, 0.25) is 0 Å². The molecule has 0 radical (unpaired) electrons. The van der Waals surface area contributed by atoms with Gasteiger partial charge >= 0.3 is 7.12 Å². The Balaban J connectivity index is 2.36. The Morgan fingerprint density at radius 2 is 1.56 bits per heavy atom. The van der Waals surface area contributed by atoms with Gasteiger partial charge < -0.3 is 9.31 Å². The summed E-state index contributed by atoms with van der Waals surface area (Å²) in [5, 5.41) is 0. The van der Waals surface area contributed by atoms with E-state index >= 15 is 0 Å². The molecule has 5 nitrogen and oxygen atoms in total. The highest BCUT2D eigenvalue weighted by molar-refractivity contribution is 7.89. The number of sulfonamides is 1. The lowest BCUT2D eigenvalue weighted by molar-refractivity contribution is 0.00578. The largest absolute Gasteiger partial charge is 0.481 e. The monoisotopic (exact) mass is 365 g/mol. The summed E-state index contributed by atoms with van der Waals surface area (Å²) in [6.45, 7) is 11.6. The molecule has 1 atom stereocenters. The fourth-order valence-corrected chi connectivity index (χ4v) is 3.95. The predicted molar refractivity (Wildman–Crippen MR) is 101 cm³/mol. The van der Waals surface area contributed by atoms with Gasteiger partial charge in [-0.1, -0.05) is 29.8 Å². The Morgan fingerprint density at radius 3 is 2.00 bits per heavy atom. The van der Waals surface area contributed by atoms with Crippen LogP contribution in [0.3, 0.4) is 0 Å². The molecule has 7 heteroatoms. The first-order chi connectivity index (χ1) is 11.4. The Labute approximate surface area is 152 Å². The topological polar surface area (TPSA) is 55.8 Å². The van der Waals surface area contributed by atoms with E-state index in [1.165, 1.54) is 4.31 Å². The van der Waals surface area contributed by atoms with Crippen LogP contribution in [0.25, 0.3) is 0 Å². The first-order valence-corrected chi connectivity index (χ1v) is 9.89. The number of aryl methyl sites for hydroxylation is 1. The Bertz CT molecular complexity index is 725. The molecule has 0 aliphatic carbocycles. The molecule has 0 aromatic heterocycles. The number of nitrogens with zero attached hydrogens (tertiary/aromatic N) is 1. The van der Waals surface area contributed by atoms with Gasteiger partial charge in [-0.15, -0.1) is 0 Å². The van der Waals surface area contributed by atoms with E-state index < -0.39 is 34.3 Å². The molecule has 0 bridgehead atoms. The maximum atomic E-state index is 13.0. The minimum absolute atomic E-state index is 0.256. The molecule has 0 spiro atoms. The molecule has 0 saturated carbocycles. The van der Waals surface area contributed by atoms with Crippen molar-refractivity contribution in [1.29, 1.82) is 0 Å². The molecule has 1 aliphatic rings. The van der Waals surface area contributed by atoms with Gasteiger partial charge in [-0.05, 0) is 53.7 Å². The van der Waals surface area contributed by atoms with Crippen molar-refractivity contribution in [2.45, 2.75) is 63.6 Å². The first kappa shape index (κ1) is 20.2. The summed E-state index contributed by atoms with van der Waals surface area (Å²) in [6.07, 6.45) is 3.62. The van der Waals surface area contributed by atoms with E-state index in [1.807, 2.05) is 47.6 Å². The molecule has 1 aromatic carbocycles. The van der Waals surface area contributed by atoms with Crippen molar-refractivity contribution < 1.29 is 17.7 Å². The Morgan fingerprint density at radius 1 is 1.08 bits per heavy atom. The van der Waals surface area contributed by atoms with Gasteiger partial charge in [0.25, 0.3) is 0 Å². The summed E-state index contributed by atoms with van der Waals surface area (Å²) >= 11 is 0. The van der Waals surface area contributed by atoms with E-state index in [4.69, 9.17) is 9.31 Å². The summed E-state index contributed by atoms with van der Waals surface area (Å²) in [4.78, 5) is 0.256. The van der Waals surface area contributed by atoms with Crippen LogP contribution in [0, 0.1) is 6.92 Å². The molecule has 138 valence electrons. The van der Waals surface area contributed by atoms with Crippen LogP contribution in [0.1, 0.15) is 40.2 Å². The van der Waals surface area contributed by atoms with Crippen LogP contribution in [-0.2, 0) is 19.3 Å². The van der Waals surface area contributed by atoms with Crippen LogP contribution in [0.15, 0.2) is 41.3 Å². The van der Waals surface area contributed by atoms with Gasteiger partial charge in [0.2, 0.25) is 10.0 Å². The highest BCUT2D eigenvalue weighted by atomic mass is 32.2. The number of hydrogen-bond donors (Lipinski definition) is 0. The normalized spacial score (nSPS) is 21.2. The summed E-state index contributed by atoms with van der Waals surface area (Å²) < 4.78 is 39.5. The molecule has 1 aliphatic heterocycles. The lowest BCUT2D eigenvalue weighted by Crippen LogP contribution is -2.47. The lowest BCUT2D eigenvalue weighted by atomic mass is 9.78. The fraction of sp³-hybridized carbons (Fsp3) is 0.556. The quantitative estimate of drug-likeness (QED) is 0.594. The molecule has 0 amide bonds. The third kappa shape index (κ3) is 3.84. The zero-order chi connectivity index (χ0) is 19.0. The van der Waals surface area contributed by atoms with Crippen molar-refractivity contribution in [2.24, 2.45) is 0 Å². The molecule has 1 saturated heterocycles. The second-order valence-corrected chi connectivity index (χ2v) is 9.47. The van der Waals surface area contributed by atoms with Gasteiger partial charge in [-0.3, -0.25) is 0 Å². The molecule has 25 heavy (non-hydrogen) atoms. The van der Waals surface area contributed by atoms with E-state index in [0.29, 0.717) is 0 Å². The van der Waals surface area contributed by atoms with E-state index in [-0.39, 0.29) is 4.90 Å². The van der Waals surface area contributed by atoms with Gasteiger partial charge in [0.05, 0.1) is 22.0 Å². The Hall–Kier alpha value is -1.15. The maximum Gasteiger partial charge on any atom is 0.481 e. The van der Waals surface area contributed by atoms with Crippen molar-refractivity contribution in [3.05, 3.63) is 42.0 Å². The average molecular weight is 365 g/mol. The van der Waals surface area contributed by atoms with Gasteiger partial charge in [0.1, 0.15) is 0 Å². The average Bonchev–Trinajstić information content (AvgIpc) is 2.72. The summed E-state index contributed by atoms with van der Waals surface area (Å²) in [6, 6.07) is 6.83.